The highest BCUT2D eigenvalue weighted by atomic mass is 19.4. The van der Waals surface area contributed by atoms with Crippen LogP contribution in [0.1, 0.15) is 5.56 Å². The summed E-state index contributed by atoms with van der Waals surface area (Å²) in [6.07, 6.45) is -4.43. The van der Waals surface area contributed by atoms with Gasteiger partial charge in [-0.05, 0) is 11.6 Å². The van der Waals surface area contributed by atoms with Crippen LogP contribution in [0.15, 0.2) is 36.2 Å². The number of hydrogen-bond acceptors (Lipinski definition) is 0. The van der Waals surface area contributed by atoms with Crippen molar-refractivity contribution in [2.75, 3.05) is 0 Å². The minimum Gasteiger partial charge on any atom is -0.202 e. The number of hydrogen-bond donors (Lipinski definition) is 0. The van der Waals surface area contributed by atoms with Gasteiger partial charge in [-0.1, -0.05) is 30.3 Å². The van der Waals surface area contributed by atoms with Crippen LogP contribution >= 0.6 is 0 Å². The maximum atomic E-state index is 12.3. The van der Waals surface area contributed by atoms with Crippen LogP contribution in [0.2, 0.25) is 0 Å². The number of alkyl halides is 3. The quantitative estimate of drug-likeness (QED) is 0.594. The van der Waals surface area contributed by atoms with Crippen molar-refractivity contribution in [1.82, 2.24) is 0 Å². The molecule has 0 fully saturated rings. The first kappa shape index (κ1) is 9.77. The standard InChI is InChI=1S/C9H6F4/c10-8(9(11,12)13)6-7-4-2-1-3-5-7/h1-6H/b8-6-. The van der Waals surface area contributed by atoms with Crippen molar-refractivity contribution in [3.63, 3.8) is 0 Å². The summed E-state index contributed by atoms with van der Waals surface area (Å²) in [6, 6.07) is 7.50. The van der Waals surface area contributed by atoms with Gasteiger partial charge in [0.05, 0.1) is 0 Å². The Bertz CT molecular complexity index is 297. The van der Waals surface area contributed by atoms with Crippen LogP contribution in [0.25, 0.3) is 6.08 Å². The summed E-state index contributed by atoms with van der Waals surface area (Å²) in [5.41, 5.74) is 0.192. The lowest BCUT2D eigenvalue weighted by atomic mass is 10.2. The molecule has 1 aromatic carbocycles. The molecule has 0 amide bonds. The molecule has 0 atom stereocenters. The van der Waals surface area contributed by atoms with Gasteiger partial charge < -0.3 is 0 Å². The summed E-state index contributed by atoms with van der Waals surface area (Å²) in [5.74, 6) is -2.08. The zero-order valence-electron chi connectivity index (χ0n) is 6.48. The third-order valence-corrected chi connectivity index (χ3v) is 1.36. The van der Waals surface area contributed by atoms with E-state index in [1.807, 2.05) is 0 Å². The van der Waals surface area contributed by atoms with Crippen LogP contribution in [0, 0.1) is 0 Å². The fourth-order valence-corrected chi connectivity index (χ4v) is 0.777. The molecular weight excluding hydrogens is 184 g/mol. The first-order valence-electron chi connectivity index (χ1n) is 3.49. The lowest BCUT2D eigenvalue weighted by Crippen LogP contribution is -2.07. The maximum absolute atomic E-state index is 12.3. The molecule has 0 spiro atoms. The molecule has 1 aromatic rings. The van der Waals surface area contributed by atoms with E-state index >= 15 is 0 Å². The monoisotopic (exact) mass is 190 g/mol. The first-order chi connectivity index (χ1) is 6.00. The van der Waals surface area contributed by atoms with Crippen molar-refractivity contribution in [2.24, 2.45) is 0 Å². The lowest BCUT2D eigenvalue weighted by Gasteiger charge is -2.01. The zero-order chi connectivity index (χ0) is 9.90. The van der Waals surface area contributed by atoms with Gasteiger partial charge >= 0.3 is 6.18 Å². The second-order valence-electron chi connectivity index (χ2n) is 2.40. The molecule has 0 bridgehead atoms. The Balaban J connectivity index is 2.90. The van der Waals surface area contributed by atoms with E-state index < -0.39 is 12.0 Å². The highest BCUT2D eigenvalue weighted by Crippen LogP contribution is 2.27. The van der Waals surface area contributed by atoms with Crippen LogP contribution in [-0.4, -0.2) is 6.18 Å². The van der Waals surface area contributed by atoms with Gasteiger partial charge in [-0.3, -0.25) is 0 Å². The van der Waals surface area contributed by atoms with Gasteiger partial charge in [0.2, 0.25) is 5.83 Å². The molecule has 0 radical (unpaired) electrons. The van der Waals surface area contributed by atoms with Gasteiger partial charge in [0, 0.05) is 0 Å². The molecular formula is C9H6F4. The molecule has 0 aromatic heterocycles. The van der Waals surface area contributed by atoms with Crippen LogP contribution in [0.5, 0.6) is 0 Å². The summed E-state index contributed by atoms with van der Waals surface area (Å²) in [4.78, 5) is 0. The summed E-state index contributed by atoms with van der Waals surface area (Å²) < 4.78 is 47.4. The van der Waals surface area contributed by atoms with Crippen LogP contribution < -0.4 is 0 Å². The fourth-order valence-electron chi connectivity index (χ4n) is 0.777. The fraction of sp³-hybridized carbons (Fsp3) is 0.111. The Hall–Kier alpha value is -1.32. The Labute approximate surface area is 72.5 Å². The highest BCUT2D eigenvalue weighted by molar-refractivity contribution is 5.51. The topological polar surface area (TPSA) is 0 Å². The van der Waals surface area contributed by atoms with Crippen molar-refractivity contribution < 1.29 is 17.6 Å². The molecule has 0 heterocycles. The van der Waals surface area contributed by atoms with Gasteiger partial charge in [0.25, 0.3) is 0 Å². The molecule has 4 heteroatoms. The maximum Gasteiger partial charge on any atom is 0.442 e. The SMILES string of the molecule is F/C(=C\c1ccccc1)C(F)(F)F. The van der Waals surface area contributed by atoms with Crippen LogP contribution in [-0.2, 0) is 0 Å². The Morgan fingerprint density at radius 2 is 1.62 bits per heavy atom. The minimum absolute atomic E-state index is 0.192. The van der Waals surface area contributed by atoms with Crippen LogP contribution in [0.3, 0.4) is 0 Å². The van der Waals surface area contributed by atoms with Gasteiger partial charge in [-0.25, -0.2) is 4.39 Å². The summed E-state index contributed by atoms with van der Waals surface area (Å²) in [7, 11) is 0. The first-order valence-corrected chi connectivity index (χ1v) is 3.49. The van der Waals surface area contributed by atoms with E-state index in [4.69, 9.17) is 0 Å². The van der Waals surface area contributed by atoms with E-state index in [0.29, 0.717) is 6.08 Å². The van der Waals surface area contributed by atoms with Crippen molar-refractivity contribution in [2.45, 2.75) is 6.18 Å². The Kier molecular flexibility index (Phi) is 2.70. The Morgan fingerprint density at radius 1 is 1.08 bits per heavy atom. The number of halogens is 4. The van der Waals surface area contributed by atoms with Crippen molar-refractivity contribution >= 4 is 6.08 Å². The van der Waals surface area contributed by atoms with E-state index in [1.165, 1.54) is 24.3 Å². The predicted molar refractivity (Wildman–Crippen MR) is 41.6 cm³/mol. The highest BCUT2D eigenvalue weighted by Gasteiger charge is 2.34. The third-order valence-electron chi connectivity index (χ3n) is 1.36. The summed E-state index contributed by atoms with van der Waals surface area (Å²) >= 11 is 0. The molecule has 0 saturated carbocycles. The molecule has 0 aliphatic heterocycles. The number of allylic oxidation sites excluding steroid dienone is 1. The average molecular weight is 190 g/mol. The smallest absolute Gasteiger partial charge is 0.202 e. The lowest BCUT2D eigenvalue weighted by molar-refractivity contribution is -0.107. The van der Waals surface area contributed by atoms with E-state index in [0.717, 1.165) is 0 Å². The van der Waals surface area contributed by atoms with E-state index in [9.17, 15) is 17.6 Å². The Morgan fingerprint density at radius 3 is 2.08 bits per heavy atom. The second-order valence-corrected chi connectivity index (χ2v) is 2.40. The number of rotatable bonds is 1. The zero-order valence-corrected chi connectivity index (χ0v) is 6.48. The molecule has 0 aliphatic rings. The third kappa shape index (κ3) is 2.89. The molecule has 0 aliphatic carbocycles. The summed E-state index contributed by atoms with van der Waals surface area (Å²) in [5, 5.41) is 0. The molecule has 0 N–H and O–H groups in total. The van der Waals surface area contributed by atoms with Gasteiger partial charge in [-0.15, -0.1) is 0 Å². The van der Waals surface area contributed by atoms with Gasteiger partial charge in [0.1, 0.15) is 0 Å². The molecule has 0 unspecified atom stereocenters. The largest absolute Gasteiger partial charge is 0.442 e. The van der Waals surface area contributed by atoms with Crippen molar-refractivity contribution in [3.05, 3.63) is 41.7 Å². The average Bonchev–Trinajstić information content (AvgIpc) is 2.04. The molecule has 70 valence electrons. The summed E-state index contributed by atoms with van der Waals surface area (Å²) in [6.45, 7) is 0. The normalized spacial score (nSPS) is 13.1. The van der Waals surface area contributed by atoms with E-state index in [1.54, 1.807) is 6.07 Å². The van der Waals surface area contributed by atoms with Crippen molar-refractivity contribution in [3.8, 4) is 0 Å². The van der Waals surface area contributed by atoms with Crippen LogP contribution in [0.4, 0.5) is 17.6 Å². The van der Waals surface area contributed by atoms with E-state index in [-0.39, 0.29) is 5.56 Å². The number of benzene rings is 1. The molecule has 13 heavy (non-hydrogen) atoms. The van der Waals surface area contributed by atoms with Gasteiger partial charge in [-0.2, -0.15) is 13.2 Å². The van der Waals surface area contributed by atoms with E-state index in [2.05, 4.69) is 0 Å². The minimum atomic E-state index is -4.89. The van der Waals surface area contributed by atoms with Gasteiger partial charge in [0.15, 0.2) is 0 Å². The van der Waals surface area contributed by atoms with Crippen molar-refractivity contribution in [1.29, 1.82) is 0 Å². The molecule has 1 rings (SSSR count). The second kappa shape index (κ2) is 3.60. The molecule has 0 nitrogen and oxygen atoms in total. The molecule has 0 saturated heterocycles. The predicted octanol–water partition coefficient (Wildman–Crippen LogP) is 3.56.